The number of hydrogen-bond donors (Lipinski definition) is 1. The van der Waals surface area contributed by atoms with Crippen LogP contribution in [-0.4, -0.2) is 32.3 Å². The molecule has 0 spiro atoms. The van der Waals surface area contributed by atoms with Gasteiger partial charge in [-0.3, -0.25) is 0 Å². The summed E-state index contributed by atoms with van der Waals surface area (Å²) in [5.74, 6) is -4.62. The third-order valence-corrected chi connectivity index (χ3v) is 5.53. The van der Waals surface area contributed by atoms with Gasteiger partial charge in [0.05, 0.1) is 23.5 Å². The van der Waals surface area contributed by atoms with E-state index in [9.17, 15) is 26.7 Å². The summed E-state index contributed by atoms with van der Waals surface area (Å²) in [5, 5.41) is 18.5. The minimum absolute atomic E-state index is 0.0390. The molecule has 1 aromatic carbocycles. The van der Waals surface area contributed by atoms with E-state index in [0.717, 1.165) is 18.4 Å². The molecule has 2 aliphatic carbocycles. The van der Waals surface area contributed by atoms with Gasteiger partial charge in [0, 0.05) is 23.3 Å². The van der Waals surface area contributed by atoms with Crippen LogP contribution in [0.5, 0.6) is 5.75 Å². The number of aliphatic hydroxyl groups excluding tert-OH is 1. The maximum Gasteiger partial charge on any atom is 0.312 e. The van der Waals surface area contributed by atoms with Gasteiger partial charge in [-0.25, -0.2) is 12.8 Å². The van der Waals surface area contributed by atoms with Crippen LogP contribution in [-0.2, 0) is 9.84 Å². The molecule has 0 bridgehead atoms. The Labute approximate surface area is 136 Å². The molecule has 4 atom stereocenters. The zero-order valence-corrected chi connectivity index (χ0v) is 13.4. The fourth-order valence-electron chi connectivity index (χ4n) is 2.90. The smallest absolute Gasteiger partial charge is 0.312 e. The monoisotopic (exact) mass is 361 g/mol. The molecule has 1 saturated carbocycles. The normalized spacial score (nSPS) is 30.5. The third kappa shape index (κ3) is 2.54. The van der Waals surface area contributed by atoms with Gasteiger partial charge < -0.3 is 9.84 Å². The summed E-state index contributed by atoms with van der Waals surface area (Å²) in [6.07, 6.45) is -4.03. The van der Waals surface area contributed by atoms with Crippen molar-refractivity contribution >= 4 is 9.84 Å². The minimum atomic E-state index is -4.14. The molecule has 0 radical (unpaired) electrons. The lowest BCUT2D eigenvalue weighted by Gasteiger charge is -2.16. The van der Waals surface area contributed by atoms with Crippen LogP contribution in [0.3, 0.4) is 0 Å². The molecule has 3 rings (SSSR count). The molecule has 0 aromatic heterocycles. The largest absolute Gasteiger partial charge is 0.493 e. The van der Waals surface area contributed by atoms with Gasteiger partial charge in [0.1, 0.15) is 11.9 Å². The average Bonchev–Trinajstić information content (AvgIpc) is 3.24. The summed E-state index contributed by atoms with van der Waals surface area (Å²) < 4.78 is 70.9. The van der Waals surface area contributed by atoms with Crippen LogP contribution in [0.4, 0.5) is 13.2 Å². The lowest BCUT2D eigenvalue weighted by Crippen LogP contribution is -2.24. The van der Waals surface area contributed by atoms with Crippen molar-refractivity contribution in [3.8, 4) is 11.8 Å². The molecule has 1 aromatic rings. The number of rotatable bonds is 4. The summed E-state index contributed by atoms with van der Waals surface area (Å²) in [5.41, 5.74) is -1.29. The van der Waals surface area contributed by atoms with E-state index in [-0.39, 0.29) is 24.2 Å². The van der Waals surface area contributed by atoms with Gasteiger partial charge >= 0.3 is 5.92 Å². The van der Waals surface area contributed by atoms with Crippen molar-refractivity contribution in [1.29, 1.82) is 5.26 Å². The Kier molecular flexibility index (Phi) is 3.81. The number of alkyl halides is 3. The Morgan fingerprint density at radius 1 is 1.42 bits per heavy atom. The van der Waals surface area contributed by atoms with Crippen LogP contribution >= 0.6 is 0 Å². The second kappa shape index (κ2) is 5.36. The summed E-state index contributed by atoms with van der Waals surface area (Å²) in [6, 6.07) is 4.18. The maximum absolute atomic E-state index is 14.2. The minimum Gasteiger partial charge on any atom is -0.493 e. The highest BCUT2D eigenvalue weighted by Crippen LogP contribution is 2.57. The van der Waals surface area contributed by atoms with Crippen molar-refractivity contribution in [2.45, 2.75) is 29.5 Å². The zero-order valence-electron chi connectivity index (χ0n) is 12.5. The number of nitriles is 1. The molecule has 1 fully saturated rings. The molecular weight excluding hydrogens is 347 g/mol. The van der Waals surface area contributed by atoms with E-state index in [1.54, 1.807) is 0 Å². The number of aliphatic hydroxyl groups is 1. The SMILES string of the molecule is CS(=O)(=O)c1ccc(OC[C@H]2CC2C#N)c2c1[C@H](O)C(F)(F)[C@@H]2F. The van der Waals surface area contributed by atoms with Crippen LogP contribution in [0.2, 0.25) is 0 Å². The first-order valence-corrected chi connectivity index (χ1v) is 9.07. The van der Waals surface area contributed by atoms with E-state index in [1.807, 2.05) is 6.07 Å². The number of benzene rings is 1. The van der Waals surface area contributed by atoms with Gasteiger partial charge in [0.15, 0.2) is 16.0 Å². The highest BCUT2D eigenvalue weighted by Gasteiger charge is 2.59. The Morgan fingerprint density at radius 3 is 2.62 bits per heavy atom. The molecular formula is C15H14F3NO4S. The molecule has 0 heterocycles. The Hall–Kier alpha value is -1.79. The number of halogens is 3. The fraction of sp³-hybridized carbons (Fsp3) is 0.533. The average molecular weight is 361 g/mol. The number of nitrogens with zero attached hydrogens (tertiary/aromatic N) is 1. The van der Waals surface area contributed by atoms with Crippen LogP contribution in [0.15, 0.2) is 17.0 Å². The molecule has 1 N–H and O–H groups in total. The standard InChI is InChI=1S/C15H14F3NO4S/c1-24(21,22)10-3-2-9(23-6-8-4-7(8)5-19)11-12(10)14(20)15(17,18)13(11)16/h2-3,7-8,13-14,20H,4,6H2,1H3/t7?,8-,13-,14+/m1/s1. The van der Waals surface area contributed by atoms with Crippen molar-refractivity contribution in [3.63, 3.8) is 0 Å². The molecule has 0 aliphatic heterocycles. The summed E-state index contributed by atoms with van der Waals surface area (Å²) in [6.45, 7) is 0.0390. The van der Waals surface area contributed by atoms with Gasteiger partial charge in [0.25, 0.3) is 0 Å². The van der Waals surface area contributed by atoms with Crippen molar-refractivity contribution in [2.75, 3.05) is 12.9 Å². The third-order valence-electron chi connectivity index (χ3n) is 4.38. The van der Waals surface area contributed by atoms with E-state index < -0.39 is 44.1 Å². The first-order valence-electron chi connectivity index (χ1n) is 7.18. The topological polar surface area (TPSA) is 87.4 Å². The van der Waals surface area contributed by atoms with Gasteiger partial charge in [-0.15, -0.1) is 0 Å². The van der Waals surface area contributed by atoms with E-state index in [0.29, 0.717) is 6.42 Å². The van der Waals surface area contributed by atoms with Gasteiger partial charge in [0.2, 0.25) is 0 Å². The van der Waals surface area contributed by atoms with Crippen LogP contribution in [0.25, 0.3) is 0 Å². The number of sulfone groups is 1. The summed E-state index contributed by atoms with van der Waals surface area (Å²) in [4.78, 5) is -0.543. The second-order valence-corrected chi connectivity index (χ2v) is 8.13. The molecule has 130 valence electrons. The maximum atomic E-state index is 14.2. The van der Waals surface area contributed by atoms with Crippen molar-refractivity contribution in [3.05, 3.63) is 23.3 Å². The number of hydrogen-bond acceptors (Lipinski definition) is 5. The Bertz CT molecular complexity index is 834. The predicted molar refractivity (Wildman–Crippen MR) is 76.0 cm³/mol. The molecule has 1 unspecified atom stereocenters. The van der Waals surface area contributed by atoms with Crippen LogP contribution in [0.1, 0.15) is 29.8 Å². The van der Waals surface area contributed by atoms with E-state index in [1.165, 1.54) is 0 Å². The Morgan fingerprint density at radius 2 is 2.08 bits per heavy atom. The van der Waals surface area contributed by atoms with Crippen LogP contribution < -0.4 is 4.74 Å². The highest BCUT2D eigenvalue weighted by atomic mass is 32.2. The lowest BCUT2D eigenvalue weighted by molar-refractivity contribution is -0.144. The quantitative estimate of drug-likeness (QED) is 0.889. The number of ether oxygens (including phenoxy) is 1. The van der Waals surface area contributed by atoms with Crippen molar-refractivity contribution < 1.29 is 31.4 Å². The van der Waals surface area contributed by atoms with Gasteiger partial charge in [-0.05, 0) is 18.6 Å². The highest BCUT2D eigenvalue weighted by molar-refractivity contribution is 7.90. The van der Waals surface area contributed by atoms with E-state index in [2.05, 4.69) is 0 Å². The molecule has 0 amide bonds. The second-order valence-electron chi connectivity index (χ2n) is 6.14. The van der Waals surface area contributed by atoms with Crippen molar-refractivity contribution in [1.82, 2.24) is 0 Å². The zero-order chi connectivity index (χ0) is 17.9. The number of fused-ring (bicyclic) bond motifs is 1. The van der Waals surface area contributed by atoms with Crippen LogP contribution in [0, 0.1) is 23.2 Å². The summed E-state index contributed by atoms with van der Waals surface area (Å²) in [7, 11) is -3.94. The van der Waals surface area contributed by atoms with Gasteiger partial charge in [-0.2, -0.15) is 14.0 Å². The summed E-state index contributed by atoms with van der Waals surface area (Å²) >= 11 is 0. The molecule has 9 heteroatoms. The van der Waals surface area contributed by atoms with Crippen molar-refractivity contribution in [2.24, 2.45) is 11.8 Å². The first kappa shape index (κ1) is 17.0. The molecule has 5 nitrogen and oxygen atoms in total. The molecule has 24 heavy (non-hydrogen) atoms. The van der Waals surface area contributed by atoms with E-state index >= 15 is 0 Å². The lowest BCUT2D eigenvalue weighted by atomic mass is 10.1. The predicted octanol–water partition coefficient (Wildman–Crippen LogP) is 2.32. The van der Waals surface area contributed by atoms with Gasteiger partial charge in [-0.1, -0.05) is 0 Å². The van der Waals surface area contributed by atoms with E-state index in [4.69, 9.17) is 10.00 Å². The molecule has 2 aliphatic rings. The first-order chi connectivity index (χ1) is 11.1. The molecule has 0 saturated heterocycles. The fourth-order valence-corrected chi connectivity index (χ4v) is 3.84. The Balaban J connectivity index is 2.03.